The van der Waals surface area contributed by atoms with Crippen LogP contribution >= 0.6 is 0 Å². The minimum atomic E-state index is -0.655. The fraction of sp³-hybridized carbons (Fsp3) is 0.154. The summed E-state index contributed by atoms with van der Waals surface area (Å²) in [5, 5.41) is 0.376. The fourth-order valence-electron chi connectivity index (χ4n) is 3.65. The summed E-state index contributed by atoms with van der Waals surface area (Å²) in [6.07, 6.45) is 0. The normalized spacial score (nSPS) is 10.7. The van der Waals surface area contributed by atoms with Gasteiger partial charge in [0.1, 0.15) is 39.9 Å². The van der Waals surface area contributed by atoms with Crippen molar-refractivity contribution in [2.45, 2.75) is 6.92 Å². The summed E-state index contributed by atoms with van der Waals surface area (Å²) in [6, 6.07) is 16.8. The number of aryl methyl sites for hydroxylation is 1. The Morgan fingerprint density at radius 3 is 2.06 bits per heavy atom. The van der Waals surface area contributed by atoms with Crippen LogP contribution in [0.2, 0.25) is 0 Å². The minimum Gasteiger partial charge on any atom is -0.497 e. The number of fused-ring (bicyclic) bond motifs is 1. The summed E-state index contributed by atoms with van der Waals surface area (Å²) in [7, 11) is 4.50. The summed E-state index contributed by atoms with van der Waals surface area (Å²) in [5.41, 5.74) is 1.49. The third-order valence-corrected chi connectivity index (χ3v) is 5.26. The third-order valence-electron chi connectivity index (χ3n) is 5.26. The standard InChI is InChI=1S/C26H22O7/c1-15-23(16-8-10-17(29-2)11-9-16)25(27)19-13-12-18(14-22(19)32-15)33-26(28)24-20(30-3)6-5-7-21(24)31-4/h5-14H,1-4H3. The number of esters is 1. The summed E-state index contributed by atoms with van der Waals surface area (Å²) < 4.78 is 27.2. The minimum absolute atomic E-state index is 0.162. The summed E-state index contributed by atoms with van der Waals surface area (Å²) in [4.78, 5) is 26.0. The molecule has 0 aliphatic rings. The molecule has 4 aromatic rings. The number of methoxy groups -OCH3 is 3. The molecule has 3 aromatic carbocycles. The molecule has 0 saturated carbocycles. The molecule has 0 spiro atoms. The quantitative estimate of drug-likeness (QED) is 0.304. The van der Waals surface area contributed by atoms with Gasteiger partial charge >= 0.3 is 5.97 Å². The molecular weight excluding hydrogens is 424 g/mol. The molecule has 7 heteroatoms. The molecule has 0 N–H and O–H groups in total. The van der Waals surface area contributed by atoms with E-state index in [9.17, 15) is 9.59 Å². The molecule has 0 amide bonds. The largest absolute Gasteiger partial charge is 0.497 e. The molecule has 4 rings (SSSR count). The lowest BCUT2D eigenvalue weighted by Gasteiger charge is -2.13. The molecule has 33 heavy (non-hydrogen) atoms. The Labute approximate surface area is 190 Å². The van der Waals surface area contributed by atoms with E-state index in [1.54, 1.807) is 68.6 Å². The zero-order valence-electron chi connectivity index (χ0n) is 18.6. The Bertz CT molecular complexity index is 1360. The van der Waals surface area contributed by atoms with Crippen molar-refractivity contribution in [2.24, 2.45) is 0 Å². The van der Waals surface area contributed by atoms with Gasteiger partial charge in [0.25, 0.3) is 0 Å². The van der Waals surface area contributed by atoms with Crippen molar-refractivity contribution in [2.75, 3.05) is 21.3 Å². The van der Waals surface area contributed by atoms with Crippen molar-refractivity contribution in [3.63, 3.8) is 0 Å². The highest BCUT2D eigenvalue weighted by Crippen LogP contribution is 2.31. The predicted molar refractivity (Wildman–Crippen MR) is 124 cm³/mol. The lowest BCUT2D eigenvalue weighted by Crippen LogP contribution is -2.12. The number of carbonyl (C=O) groups excluding carboxylic acids is 1. The van der Waals surface area contributed by atoms with Gasteiger partial charge in [-0.15, -0.1) is 0 Å². The van der Waals surface area contributed by atoms with Crippen LogP contribution in [-0.4, -0.2) is 27.3 Å². The number of benzene rings is 3. The topological polar surface area (TPSA) is 84.2 Å². The van der Waals surface area contributed by atoms with E-state index < -0.39 is 5.97 Å². The summed E-state index contributed by atoms with van der Waals surface area (Å²) in [6.45, 7) is 1.72. The second kappa shape index (κ2) is 9.08. The molecule has 7 nitrogen and oxygen atoms in total. The van der Waals surface area contributed by atoms with Crippen molar-refractivity contribution in [1.82, 2.24) is 0 Å². The first-order valence-electron chi connectivity index (χ1n) is 10.1. The molecule has 0 aliphatic carbocycles. The van der Waals surface area contributed by atoms with E-state index in [1.807, 2.05) is 0 Å². The Morgan fingerprint density at radius 1 is 0.818 bits per heavy atom. The van der Waals surface area contributed by atoms with Crippen LogP contribution < -0.4 is 24.4 Å². The lowest BCUT2D eigenvalue weighted by atomic mass is 10.0. The van der Waals surface area contributed by atoms with Crippen molar-refractivity contribution >= 4 is 16.9 Å². The summed E-state index contributed by atoms with van der Waals surface area (Å²) >= 11 is 0. The predicted octanol–water partition coefficient (Wildman–Crippen LogP) is 5.01. The maximum Gasteiger partial charge on any atom is 0.351 e. The van der Waals surface area contributed by atoms with Crippen LogP contribution in [0.15, 0.2) is 69.9 Å². The Morgan fingerprint density at radius 2 is 1.45 bits per heavy atom. The average Bonchev–Trinajstić information content (AvgIpc) is 2.83. The fourth-order valence-corrected chi connectivity index (χ4v) is 3.65. The van der Waals surface area contributed by atoms with E-state index in [0.29, 0.717) is 39.5 Å². The maximum atomic E-state index is 13.2. The molecule has 1 aromatic heterocycles. The monoisotopic (exact) mass is 446 g/mol. The number of hydrogen-bond acceptors (Lipinski definition) is 7. The van der Waals surface area contributed by atoms with Gasteiger partial charge in [-0.3, -0.25) is 4.79 Å². The molecule has 0 saturated heterocycles. The highest BCUT2D eigenvalue weighted by atomic mass is 16.5. The third kappa shape index (κ3) is 4.13. The van der Waals surface area contributed by atoms with Crippen LogP contribution in [0.4, 0.5) is 0 Å². The van der Waals surface area contributed by atoms with Gasteiger partial charge in [0.05, 0.1) is 32.3 Å². The van der Waals surface area contributed by atoms with Crippen LogP contribution in [0.1, 0.15) is 16.1 Å². The molecule has 0 radical (unpaired) electrons. The highest BCUT2D eigenvalue weighted by molar-refractivity contribution is 5.97. The van der Waals surface area contributed by atoms with Gasteiger partial charge < -0.3 is 23.4 Å². The van der Waals surface area contributed by atoms with E-state index in [4.69, 9.17) is 23.4 Å². The van der Waals surface area contributed by atoms with Gasteiger partial charge in [-0.25, -0.2) is 4.79 Å². The van der Waals surface area contributed by atoms with Crippen molar-refractivity contribution in [1.29, 1.82) is 0 Å². The van der Waals surface area contributed by atoms with Crippen LogP contribution in [0.5, 0.6) is 23.0 Å². The highest BCUT2D eigenvalue weighted by Gasteiger charge is 2.21. The molecule has 0 fully saturated rings. The number of rotatable bonds is 6. The van der Waals surface area contributed by atoms with E-state index >= 15 is 0 Å². The lowest BCUT2D eigenvalue weighted by molar-refractivity contribution is 0.0727. The van der Waals surface area contributed by atoms with Gasteiger partial charge in [-0.2, -0.15) is 0 Å². The zero-order valence-corrected chi connectivity index (χ0v) is 18.6. The molecule has 0 unspecified atom stereocenters. The van der Waals surface area contributed by atoms with E-state index in [1.165, 1.54) is 20.3 Å². The van der Waals surface area contributed by atoms with Gasteiger partial charge in [0.2, 0.25) is 5.43 Å². The Balaban J connectivity index is 1.71. The molecule has 0 atom stereocenters. The molecular formula is C26H22O7. The number of ether oxygens (including phenoxy) is 4. The van der Waals surface area contributed by atoms with Crippen LogP contribution in [-0.2, 0) is 0 Å². The summed E-state index contributed by atoms with van der Waals surface area (Å²) in [5.74, 6) is 1.36. The van der Waals surface area contributed by atoms with Gasteiger partial charge in [-0.1, -0.05) is 18.2 Å². The number of hydrogen-bond donors (Lipinski definition) is 0. The van der Waals surface area contributed by atoms with E-state index in [2.05, 4.69) is 0 Å². The maximum absolute atomic E-state index is 13.2. The van der Waals surface area contributed by atoms with E-state index in [0.717, 1.165) is 5.56 Å². The first kappa shape index (κ1) is 22.0. The van der Waals surface area contributed by atoms with Gasteiger partial charge in [0.15, 0.2) is 0 Å². The van der Waals surface area contributed by atoms with Crippen LogP contribution in [0.25, 0.3) is 22.1 Å². The van der Waals surface area contributed by atoms with Crippen LogP contribution in [0, 0.1) is 6.92 Å². The van der Waals surface area contributed by atoms with E-state index in [-0.39, 0.29) is 16.7 Å². The Hall–Kier alpha value is -4.26. The number of carbonyl (C=O) groups is 1. The average molecular weight is 446 g/mol. The van der Waals surface area contributed by atoms with Gasteiger partial charge in [0, 0.05) is 6.07 Å². The molecule has 0 aliphatic heterocycles. The molecule has 1 heterocycles. The smallest absolute Gasteiger partial charge is 0.351 e. The van der Waals surface area contributed by atoms with Crippen molar-refractivity contribution in [3.05, 3.63) is 82.2 Å². The Kier molecular flexibility index (Phi) is 6.04. The van der Waals surface area contributed by atoms with Crippen molar-refractivity contribution in [3.8, 4) is 34.1 Å². The first-order valence-corrected chi connectivity index (χ1v) is 10.1. The zero-order chi connectivity index (χ0) is 23.5. The SMILES string of the molecule is COc1ccc(-c2c(C)oc3cc(OC(=O)c4c(OC)cccc4OC)ccc3c2=O)cc1. The first-order chi connectivity index (χ1) is 16.0. The second-order valence-electron chi connectivity index (χ2n) is 7.18. The van der Waals surface area contributed by atoms with Crippen molar-refractivity contribution < 1.29 is 28.2 Å². The molecule has 168 valence electrons. The molecule has 0 bridgehead atoms. The second-order valence-corrected chi connectivity index (χ2v) is 7.18. The van der Waals surface area contributed by atoms with Gasteiger partial charge in [-0.05, 0) is 48.9 Å². The van der Waals surface area contributed by atoms with Crippen LogP contribution in [0.3, 0.4) is 0 Å².